The highest BCUT2D eigenvalue weighted by atomic mass is 16.3. The van der Waals surface area contributed by atoms with E-state index in [1.165, 1.54) is 6.07 Å². The Morgan fingerprint density at radius 3 is 2.55 bits per heavy atom. The summed E-state index contributed by atoms with van der Waals surface area (Å²) >= 11 is 0. The lowest BCUT2D eigenvalue weighted by atomic mass is 10.1. The first kappa shape index (κ1) is 8.04. The molecule has 0 aromatic heterocycles. The molecule has 0 amide bonds. The number of nitrogens with two attached hydrogens (primary N) is 1. The van der Waals surface area contributed by atoms with Gasteiger partial charge < -0.3 is 15.9 Å². The van der Waals surface area contributed by atoms with Crippen LogP contribution in [-0.2, 0) is 0 Å². The molecule has 11 heavy (non-hydrogen) atoms. The van der Waals surface area contributed by atoms with Crippen molar-refractivity contribution in [1.29, 1.82) is 0 Å². The Labute approximate surface area is 65.1 Å². The number of benzene rings is 1. The summed E-state index contributed by atoms with van der Waals surface area (Å²) in [6, 6.07) is 6.61. The number of para-hydroxylation sites is 1. The van der Waals surface area contributed by atoms with Crippen molar-refractivity contribution in [1.82, 2.24) is 0 Å². The Morgan fingerprint density at radius 1 is 1.36 bits per heavy atom. The molecule has 60 valence electrons. The Morgan fingerprint density at radius 2 is 2.00 bits per heavy atom. The van der Waals surface area contributed by atoms with Crippen molar-refractivity contribution < 1.29 is 10.2 Å². The zero-order valence-corrected chi connectivity index (χ0v) is 6.07. The summed E-state index contributed by atoms with van der Waals surface area (Å²) in [5.74, 6) is 0.0884. The van der Waals surface area contributed by atoms with Gasteiger partial charge in [0.15, 0.2) is 0 Å². The average Bonchev–Trinajstić information content (AvgIpc) is 2.04. The van der Waals surface area contributed by atoms with Crippen LogP contribution in [0.4, 0.5) is 0 Å². The lowest BCUT2D eigenvalue weighted by Gasteiger charge is -2.08. The predicted molar refractivity (Wildman–Crippen MR) is 42.1 cm³/mol. The van der Waals surface area contributed by atoms with Crippen LogP contribution >= 0.6 is 0 Å². The number of aromatic hydroxyl groups is 1. The van der Waals surface area contributed by atoms with Gasteiger partial charge in [0, 0.05) is 12.1 Å². The fourth-order valence-electron chi connectivity index (χ4n) is 0.896. The first-order valence-electron chi connectivity index (χ1n) is 3.41. The van der Waals surface area contributed by atoms with Crippen LogP contribution in [-0.4, -0.2) is 16.8 Å². The van der Waals surface area contributed by atoms with E-state index in [4.69, 9.17) is 5.73 Å². The van der Waals surface area contributed by atoms with Crippen LogP contribution in [0, 0.1) is 0 Å². The van der Waals surface area contributed by atoms with Crippen molar-refractivity contribution in [2.75, 3.05) is 6.54 Å². The molecule has 4 N–H and O–H groups in total. The van der Waals surface area contributed by atoms with Gasteiger partial charge in [-0.05, 0) is 6.07 Å². The monoisotopic (exact) mass is 153 g/mol. The molecule has 1 unspecified atom stereocenters. The van der Waals surface area contributed by atoms with Gasteiger partial charge in [-0.2, -0.15) is 0 Å². The maximum Gasteiger partial charge on any atom is 0.121 e. The highest BCUT2D eigenvalue weighted by Crippen LogP contribution is 2.21. The van der Waals surface area contributed by atoms with Gasteiger partial charge in [-0.3, -0.25) is 0 Å². The molecule has 0 radical (unpaired) electrons. The average molecular weight is 153 g/mol. The smallest absolute Gasteiger partial charge is 0.121 e. The first-order valence-corrected chi connectivity index (χ1v) is 3.41. The van der Waals surface area contributed by atoms with E-state index in [0.29, 0.717) is 5.56 Å². The molecule has 1 atom stereocenters. The summed E-state index contributed by atoms with van der Waals surface area (Å²) in [4.78, 5) is 0. The second-order valence-corrected chi connectivity index (χ2v) is 2.31. The van der Waals surface area contributed by atoms with Crippen molar-refractivity contribution in [2.45, 2.75) is 6.10 Å². The van der Waals surface area contributed by atoms with Gasteiger partial charge in [-0.1, -0.05) is 18.2 Å². The van der Waals surface area contributed by atoms with E-state index in [-0.39, 0.29) is 12.3 Å². The van der Waals surface area contributed by atoms with E-state index in [0.717, 1.165) is 0 Å². The predicted octanol–water partition coefficient (Wildman–Crippen LogP) is 0.384. The first-order chi connectivity index (χ1) is 5.25. The van der Waals surface area contributed by atoms with Gasteiger partial charge in [-0.25, -0.2) is 0 Å². The van der Waals surface area contributed by atoms with Crippen molar-refractivity contribution in [3.63, 3.8) is 0 Å². The molecule has 1 aromatic carbocycles. The number of hydrogen-bond acceptors (Lipinski definition) is 3. The molecule has 0 heterocycles. The van der Waals surface area contributed by atoms with Crippen molar-refractivity contribution in [2.24, 2.45) is 5.73 Å². The van der Waals surface area contributed by atoms with Crippen LogP contribution in [0.15, 0.2) is 24.3 Å². The number of rotatable bonds is 2. The molecule has 0 fully saturated rings. The van der Waals surface area contributed by atoms with E-state index in [9.17, 15) is 10.2 Å². The van der Waals surface area contributed by atoms with Gasteiger partial charge in [-0.15, -0.1) is 0 Å². The topological polar surface area (TPSA) is 66.5 Å². The minimum absolute atomic E-state index is 0.0884. The minimum Gasteiger partial charge on any atom is -0.508 e. The normalized spacial score (nSPS) is 12.9. The summed E-state index contributed by atoms with van der Waals surface area (Å²) < 4.78 is 0. The number of aliphatic hydroxyl groups excluding tert-OH is 1. The van der Waals surface area contributed by atoms with E-state index < -0.39 is 6.10 Å². The molecule has 0 aliphatic rings. The van der Waals surface area contributed by atoms with Gasteiger partial charge in [0.25, 0.3) is 0 Å². The molecule has 1 aromatic rings. The third-order valence-electron chi connectivity index (χ3n) is 1.52. The molecular weight excluding hydrogens is 142 g/mol. The maximum atomic E-state index is 9.23. The van der Waals surface area contributed by atoms with Crippen LogP contribution < -0.4 is 5.73 Å². The highest BCUT2D eigenvalue weighted by Gasteiger charge is 2.07. The molecule has 0 saturated carbocycles. The maximum absolute atomic E-state index is 9.23. The van der Waals surface area contributed by atoms with Crippen LogP contribution in [0.3, 0.4) is 0 Å². The summed E-state index contributed by atoms with van der Waals surface area (Å²) in [6.07, 6.45) is -0.767. The van der Waals surface area contributed by atoms with Crippen LogP contribution in [0.25, 0.3) is 0 Å². The third-order valence-corrected chi connectivity index (χ3v) is 1.52. The van der Waals surface area contributed by atoms with Gasteiger partial charge in [0.2, 0.25) is 0 Å². The molecule has 3 heteroatoms. The quantitative estimate of drug-likeness (QED) is 0.575. The molecule has 0 aliphatic carbocycles. The Hall–Kier alpha value is -1.06. The number of phenolic OH excluding ortho intramolecular Hbond substituents is 1. The van der Waals surface area contributed by atoms with E-state index in [1.54, 1.807) is 18.2 Å². The van der Waals surface area contributed by atoms with E-state index in [2.05, 4.69) is 0 Å². The Balaban J connectivity index is 2.93. The third kappa shape index (κ3) is 1.69. The number of phenols is 1. The second-order valence-electron chi connectivity index (χ2n) is 2.31. The number of aliphatic hydroxyl groups is 1. The summed E-state index contributed by atoms with van der Waals surface area (Å²) in [5, 5.41) is 18.4. The summed E-state index contributed by atoms with van der Waals surface area (Å²) in [5.41, 5.74) is 5.69. The lowest BCUT2D eigenvalue weighted by Crippen LogP contribution is -2.11. The Kier molecular flexibility index (Phi) is 2.46. The SMILES string of the molecule is NCC(O)c1ccccc1O. The largest absolute Gasteiger partial charge is 0.508 e. The molecule has 0 bridgehead atoms. The van der Waals surface area contributed by atoms with Crippen LogP contribution in [0.2, 0.25) is 0 Å². The zero-order chi connectivity index (χ0) is 8.27. The van der Waals surface area contributed by atoms with E-state index in [1.807, 2.05) is 0 Å². The summed E-state index contributed by atoms with van der Waals surface area (Å²) in [6.45, 7) is 0.123. The van der Waals surface area contributed by atoms with Crippen LogP contribution in [0.1, 0.15) is 11.7 Å². The molecule has 0 aliphatic heterocycles. The van der Waals surface area contributed by atoms with Crippen molar-refractivity contribution >= 4 is 0 Å². The van der Waals surface area contributed by atoms with Crippen molar-refractivity contribution in [3.8, 4) is 5.75 Å². The summed E-state index contributed by atoms with van der Waals surface area (Å²) in [7, 11) is 0. The Bertz CT molecular complexity index is 237. The van der Waals surface area contributed by atoms with E-state index >= 15 is 0 Å². The molecule has 1 rings (SSSR count). The second kappa shape index (κ2) is 3.37. The van der Waals surface area contributed by atoms with Crippen molar-refractivity contribution in [3.05, 3.63) is 29.8 Å². The van der Waals surface area contributed by atoms with Crippen LogP contribution in [0.5, 0.6) is 5.75 Å². The van der Waals surface area contributed by atoms with Gasteiger partial charge in [0.1, 0.15) is 5.75 Å². The fourth-order valence-corrected chi connectivity index (χ4v) is 0.896. The fraction of sp³-hybridized carbons (Fsp3) is 0.250. The molecule has 0 saturated heterocycles. The minimum atomic E-state index is -0.767. The molecule has 0 spiro atoms. The molecule has 3 nitrogen and oxygen atoms in total. The van der Waals surface area contributed by atoms with Gasteiger partial charge >= 0.3 is 0 Å². The lowest BCUT2D eigenvalue weighted by molar-refractivity contribution is 0.182. The standard InChI is InChI=1S/C8H11NO2/c9-5-8(11)6-3-1-2-4-7(6)10/h1-4,8,10-11H,5,9H2. The number of hydrogen-bond donors (Lipinski definition) is 3. The molecular formula is C8H11NO2. The van der Waals surface area contributed by atoms with Gasteiger partial charge in [0.05, 0.1) is 6.10 Å². The zero-order valence-electron chi connectivity index (χ0n) is 6.07. The highest BCUT2D eigenvalue weighted by molar-refractivity contribution is 5.33.